The fraction of sp³-hybridized carbons (Fsp3) is 0.357. The van der Waals surface area contributed by atoms with Crippen molar-refractivity contribution in [3.63, 3.8) is 0 Å². The van der Waals surface area contributed by atoms with Crippen LogP contribution in [-0.4, -0.2) is 32.8 Å². The van der Waals surface area contributed by atoms with E-state index >= 15 is 0 Å². The van der Waals surface area contributed by atoms with E-state index in [2.05, 4.69) is 20.5 Å². The van der Waals surface area contributed by atoms with E-state index in [1.54, 1.807) is 0 Å². The molecule has 2 aromatic rings. The SMILES string of the molecule is Cc1nc(-c2cccc(NC(=O)CCCCO)c2)n[nH]1. The number of carbonyl (C=O) groups excluding carboxylic acids is 1. The summed E-state index contributed by atoms with van der Waals surface area (Å²) >= 11 is 0. The van der Waals surface area contributed by atoms with Crippen LogP contribution >= 0.6 is 0 Å². The van der Waals surface area contributed by atoms with Crippen LogP contribution in [0.1, 0.15) is 25.1 Å². The number of nitrogens with one attached hydrogen (secondary N) is 2. The molecular weight excluding hydrogens is 256 g/mol. The van der Waals surface area contributed by atoms with Gasteiger partial charge >= 0.3 is 0 Å². The van der Waals surface area contributed by atoms with E-state index in [4.69, 9.17) is 5.11 Å². The van der Waals surface area contributed by atoms with Crippen molar-refractivity contribution in [3.8, 4) is 11.4 Å². The highest BCUT2D eigenvalue weighted by Crippen LogP contribution is 2.19. The lowest BCUT2D eigenvalue weighted by molar-refractivity contribution is -0.116. The molecule has 1 aromatic carbocycles. The number of aromatic amines is 1. The Hall–Kier alpha value is -2.21. The number of nitrogens with zero attached hydrogens (tertiary/aromatic N) is 2. The quantitative estimate of drug-likeness (QED) is 0.701. The molecule has 0 unspecified atom stereocenters. The minimum absolute atomic E-state index is 0.0539. The Balaban J connectivity index is 2.01. The molecule has 0 radical (unpaired) electrons. The molecule has 0 saturated carbocycles. The minimum atomic E-state index is -0.0539. The highest BCUT2D eigenvalue weighted by Gasteiger charge is 2.06. The Morgan fingerprint density at radius 1 is 1.40 bits per heavy atom. The lowest BCUT2D eigenvalue weighted by Crippen LogP contribution is -2.11. The molecule has 0 atom stereocenters. The van der Waals surface area contributed by atoms with Crippen molar-refractivity contribution in [1.29, 1.82) is 0 Å². The van der Waals surface area contributed by atoms with E-state index in [9.17, 15) is 4.79 Å². The Labute approximate surface area is 117 Å². The van der Waals surface area contributed by atoms with Crippen LogP contribution < -0.4 is 5.32 Å². The van der Waals surface area contributed by atoms with Gasteiger partial charge in [-0.2, -0.15) is 5.10 Å². The Morgan fingerprint density at radius 2 is 2.25 bits per heavy atom. The van der Waals surface area contributed by atoms with E-state index in [1.807, 2.05) is 31.2 Å². The molecule has 6 heteroatoms. The summed E-state index contributed by atoms with van der Waals surface area (Å²) in [5, 5.41) is 18.4. The van der Waals surface area contributed by atoms with Gasteiger partial charge in [0, 0.05) is 24.3 Å². The zero-order valence-corrected chi connectivity index (χ0v) is 11.4. The number of benzene rings is 1. The molecule has 0 spiro atoms. The molecule has 1 aromatic heterocycles. The summed E-state index contributed by atoms with van der Waals surface area (Å²) in [4.78, 5) is 16.0. The molecule has 2 rings (SSSR count). The molecule has 0 aliphatic heterocycles. The van der Waals surface area contributed by atoms with Crippen LogP contribution in [0.2, 0.25) is 0 Å². The largest absolute Gasteiger partial charge is 0.396 e. The molecule has 3 N–H and O–H groups in total. The molecular formula is C14H18N4O2. The van der Waals surface area contributed by atoms with Gasteiger partial charge in [-0.1, -0.05) is 12.1 Å². The van der Waals surface area contributed by atoms with Gasteiger partial charge in [0.1, 0.15) is 5.82 Å². The summed E-state index contributed by atoms with van der Waals surface area (Å²) in [5.74, 6) is 1.30. The van der Waals surface area contributed by atoms with Crippen LogP contribution in [0.4, 0.5) is 5.69 Å². The number of anilines is 1. The first-order valence-corrected chi connectivity index (χ1v) is 6.59. The zero-order chi connectivity index (χ0) is 14.4. The van der Waals surface area contributed by atoms with Gasteiger partial charge in [-0.05, 0) is 31.9 Å². The van der Waals surface area contributed by atoms with Crippen molar-refractivity contribution in [2.45, 2.75) is 26.2 Å². The van der Waals surface area contributed by atoms with Gasteiger partial charge in [0.05, 0.1) is 0 Å². The Bertz CT molecular complexity index is 580. The third-order valence-electron chi connectivity index (χ3n) is 2.81. The van der Waals surface area contributed by atoms with Crippen molar-refractivity contribution in [1.82, 2.24) is 15.2 Å². The predicted molar refractivity (Wildman–Crippen MR) is 76.1 cm³/mol. The number of aliphatic hydroxyl groups is 1. The van der Waals surface area contributed by atoms with Crippen molar-refractivity contribution in [2.75, 3.05) is 11.9 Å². The molecule has 106 valence electrons. The van der Waals surface area contributed by atoms with Crippen LogP contribution in [0.25, 0.3) is 11.4 Å². The fourth-order valence-electron chi connectivity index (χ4n) is 1.83. The summed E-state index contributed by atoms with van der Waals surface area (Å²) in [5.41, 5.74) is 1.57. The maximum absolute atomic E-state index is 11.7. The third-order valence-corrected chi connectivity index (χ3v) is 2.81. The summed E-state index contributed by atoms with van der Waals surface area (Å²) in [6.07, 6.45) is 1.73. The van der Waals surface area contributed by atoms with Crippen LogP contribution in [0.5, 0.6) is 0 Å². The monoisotopic (exact) mass is 274 g/mol. The third kappa shape index (κ3) is 3.89. The predicted octanol–water partition coefficient (Wildman–Crippen LogP) is 1.88. The average Bonchev–Trinajstić information content (AvgIpc) is 2.86. The Kier molecular flexibility index (Phi) is 4.84. The molecule has 6 nitrogen and oxygen atoms in total. The van der Waals surface area contributed by atoms with Crippen LogP contribution in [0.3, 0.4) is 0 Å². The minimum Gasteiger partial charge on any atom is -0.396 e. The van der Waals surface area contributed by atoms with E-state index in [-0.39, 0.29) is 12.5 Å². The van der Waals surface area contributed by atoms with Crippen molar-refractivity contribution in [3.05, 3.63) is 30.1 Å². The number of H-pyrrole nitrogens is 1. The summed E-state index contributed by atoms with van der Waals surface area (Å²) in [7, 11) is 0. The van der Waals surface area contributed by atoms with Gasteiger partial charge in [0.15, 0.2) is 5.82 Å². The number of aryl methyl sites for hydroxylation is 1. The number of carbonyl (C=O) groups is 1. The topological polar surface area (TPSA) is 90.9 Å². The molecule has 0 saturated heterocycles. The lowest BCUT2D eigenvalue weighted by atomic mass is 10.2. The zero-order valence-electron chi connectivity index (χ0n) is 11.4. The number of aromatic nitrogens is 3. The van der Waals surface area contributed by atoms with Gasteiger partial charge in [0.2, 0.25) is 5.91 Å². The maximum Gasteiger partial charge on any atom is 0.224 e. The van der Waals surface area contributed by atoms with E-state index in [0.29, 0.717) is 25.1 Å². The first kappa shape index (κ1) is 14.2. The number of aliphatic hydroxyl groups excluding tert-OH is 1. The first-order chi connectivity index (χ1) is 9.69. The van der Waals surface area contributed by atoms with Gasteiger partial charge in [-0.3, -0.25) is 9.89 Å². The first-order valence-electron chi connectivity index (χ1n) is 6.59. The normalized spacial score (nSPS) is 10.5. The summed E-state index contributed by atoms with van der Waals surface area (Å²) < 4.78 is 0. The number of rotatable bonds is 6. The van der Waals surface area contributed by atoms with Gasteiger partial charge in [-0.25, -0.2) is 4.98 Å². The van der Waals surface area contributed by atoms with E-state index in [1.165, 1.54) is 0 Å². The molecule has 20 heavy (non-hydrogen) atoms. The molecule has 0 fully saturated rings. The van der Waals surface area contributed by atoms with Crippen molar-refractivity contribution >= 4 is 11.6 Å². The maximum atomic E-state index is 11.7. The second kappa shape index (κ2) is 6.81. The fourth-order valence-corrected chi connectivity index (χ4v) is 1.83. The van der Waals surface area contributed by atoms with Gasteiger partial charge < -0.3 is 10.4 Å². The second-order valence-electron chi connectivity index (χ2n) is 4.55. The summed E-state index contributed by atoms with van der Waals surface area (Å²) in [6.45, 7) is 1.95. The summed E-state index contributed by atoms with van der Waals surface area (Å²) in [6, 6.07) is 7.41. The highest BCUT2D eigenvalue weighted by atomic mass is 16.3. The highest BCUT2D eigenvalue weighted by molar-refractivity contribution is 5.91. The average molecular weight is 274 g/mol. The molecule has 0 bridgehead atoms. The Morgan fingerprint density at radius 3 is 2.95 bits per heavy atom. The van der Waals surface area contributed by atoms with Crippen molar-refractivity contribution in [2.24, 2.45) is 0 Å². The van der Waals surface area contributed by atoms with Crippen LogP contribution in [0.15, 0.2) is 24.3 Å². The standard InChI is InChI=1S/C14H18N4O2/c1-10-15-14(18-17-10)11-5-4-6-12(9-11)16-13(20)7-2-3-8-19/h4-6,9,19H,2-3,7-8H2,1H3,(H,16,20)(H,15,17,18). The van der Waals surface area contributed by atoms with Crippen molar-refractivity contribution < 1.29 is 9.90 Å². The van der Waals surface area contributed by atoms with E-state index < -0.39 is 0 Å². The number of unbranched alkanes of at least 4 members (excludes halogenated alkanes) is 1. The number of hydrogen-bond donors (Lipinski definition) is 3. The smallest absolute Gasteiger partial charge is 0.224 e. The molecule has 0 aliphatic rings. The number of amides is 1. The molecule has 1 amide bonds. The number of hydrogen-bond acceptors (Lipinski definition) is 4. The van der Waals surface area contributed by atoms with Gasteiger partial charge in [0.25, 0.3) is 0 Å². The second-order valence-corrected chi connectivity index (χ2v) is 4.55. The lowest BCUT2D eigenvalue weighted by Gasteiger charge is -2.06. The van der Waals surface area contributed by atoms with E-state index in [0.717, 1.165) is 17.1 Å². The van der Waals surface area contributed by atoms with Crippen LogP contribution in [-0.2, 0) is 4.79 Å². The van der Waals surface area contributed by atoms with Crippen LogP contribution in [0, 0.1) is 6.92 Å². The molecule has 1 heterocycles. The van der Waals surface area contributed by atoms with Gasteiger partial charge in [-0.15, -0.1) is 0 Å². The molecule has 0 aliphatic carbocycles.